The fraction of sp³-hybridized carbons (Fsp3) is 0. The van der Waals surface area contributed by atoms with Crippen LogP contribution in [0.15, 0.2) is 162 Å². The van der Waals surface area contributed by atoms with E-state index in [2.05, 4.69) is 161 Å². The second kappa shape index (κ2) is 9.83. The van der Waals surface area contributed by atoms with Crippen molar-refractivity contribution in [2.45, 2.75) is 0 Å². The summed E-state index contributed by atoms with van der Waals surface area (Å²) >= 11 is 1.84. The fourth-order valence-electron chi connectivity index (χ4n) is 7.14. The van der Waals surface area contributed by atoms with Gasteiger partial charge >= 0.3 is 0 Å². The van der Waals surface area contributed by atoms with Crippen molar-refractivity contribution >= 4 is 92.3 Å². The second-order valence-electron chi connectivity index (χ2n) is 11.8. The van der Waals surface area contributed by atoms with Gasteiger partial charge in [-0.1, -0.05) is 97.1 Å². The topological polar surface area (TPSA) is 21.3 Å². The summed E-state index contributed by atoms with van der Waals surface area (Å²) in [6.45, 7) is 0. The normalized spacial score (nSPS) is 11.9. The highest BCUT2D eigenvalue weighted by molar-refractivity contribution is 7.25. The average Bonchev–Trinajstić information content (AvgIpc) is 3.78. The molecule has 10 rings (SSSR count). The van der Waals surface area contributed by atoms with Gasteiger partial charge in [0.1, 0.15) is 5.58 Å². The molecule has 46 heavy (non-hydrogen) atoms. The van der Waals surface area contributed by atoms with Crippen LogP contribution in [0.4, 0.5) is 17.1 Å². The minimum atomic E-state index is 0.879. The predicted octanol–water partition coefficient (Wildman–Crippen LogP) is 12.5. The number of nitrogens with zero attached hydrogens (tertiary/aromatic N) is 2. The first-order valence-electron chi connectivity index (χ1n) is 15.5. The Morgan fingerprint density at radius 2 is 1.11 bits per heavy atom. The van der Waals surface area contributed by atoms with E-state index >= 15 is 0 Å². The molecule has 3 heterocycles. The molecule has 216 valence electrons. The molecule has 0 atom stereocenters. The van der Waals surface area contributed by atoms with Gasteiger partial charge in [0.2, 0.25) is 0 Å². The van der Waals surface area contributed by atoms with Gasteiger partial charge in [0, 0.05) is 58.8 Å². The molecule has 0 aliphatic rings. The van der Waals surface area contributed by atoms with E-state index in [1.807, 2.05) is 17.4 Å². The summed E-state index contributed by atoms with van der Waals surface area (Å²) in [5.41, 5.74) is 8.44. The van der Waals surface area contributed by atoms with Crippen molar-refractivity contribution in [3.63, 3.8) is 0 Å². The van der Waals surface area contributed by atoms with E-state index in [1.54, 1.807) is 0 Å². The zero-order valence-electron chi connectivity index (χ0n) is 24.7. The molecular weight excluding hydrogens is 581 g/mol. The summed E-state index contributed by atoms with van der Waals surface area (Å²) in [4.78, 5) is 2.36. The number of para-hydroxylation sites is 4. The molecule has 0 N–H and O–H groups in total. The number of aromatic nitrogens is 1. The molecule has 0 unspecified atom stereocenters. The number of anilines is 3. The van der Waals surface area contributed by atoms with Gasteiger partial charge in [0.05, 0.1) is 16.7 Å². The van der Waals surface area contributed by atoms with Crippen molar-refractivity contribution in [1.29, 1.82) is 0 Å². The number of furan rings is 1. The van der Waals surface area contributed by atoms with Crippen LogP contribution in [-0.4, -0.2) is 4.57 Å². The lowest BCUT2D eigenvalue weighted by atomic mass is 10.1. The van der Waals surface area contributed by atoms with Gasteiger partial charge in [-0.2, -0.15) is 0 Å². The molecule has 3 nitrogen and oxygen atoms in total. The van der Waals surface area contributed by atoms with Crippen LogP contribution in [-0.2, 0) is 0 Å². The summed E-state index contributed by atoms with van der Waals surface area (Å²) < 4.78 is 11.6. The Balaban J connectivity index is 1.28. The predicted molar refractivity (Wildman–Crippen MR) is 196 cm³/mol. The van der Waals surface area contributed by atoms with Gasteiger partial charge in [-0.15, -0.1) is 11.3 Å². The number of rotatable bonds is 4. The van der Waals surface area contributed by atoms with E-state index in [4.69, 9.17) is 4.42 Å². The lowest BCUT2D eigenvalue weighted by molar-refractivity contribution is 0.669. The smallest absolute Gasteiger partial charge is 0.159 e. The number of fused-ring (bicyclic) bond motifs is 9. The molecule has 0 amide bonds. The van der Waals surface area contributed by atoms with Crippen molar-refractivity contribution in [1.82, 2.24) is 4.57 Å². The van der Waals surface area contributed by atoms with Gasteiger partial charge in [0.25, 0.3) is 0 Å². The Hall–Kier alpha value is -5.84. The Labute approximate surface area is 268 Å². The largest absolute Gasteiger partial charge is 0.454 e. The van der Waals surface area contributed by atoms with Crippen LogP contribution in [0.3, 0.4) is 0 Å². The molecular formula is C42H26N2OS. The van der Waals surface area contributed by atoms with Crippen molar-refractivity contribution < 1.29 is 4.42 Å². The molecule has 0 saturated carbocycles. The molecule has 10 aromatic rings. The number of hydrogen-bond acceptors (Lipinski definition) is 3. The maximum absolute atomic E-state index is 6.63. The van der Waals surface area contributed by atoms with Gasteiger partial charge in [-0.25, -0.2) is 0 Å². The maximum atomic E-state index is 6.63. The highest BCUT2D eigenvalue weighted by Gasteiger charge is 2.22. The minimum absolute atomic E-state index is 0.879. The van der Waals surface area contributed by atoms with E-state index in [9.17, 15) is 0 Å². The van der Waals surface area contributed by atoms with Crippen LogP contribution in [0.2, 0.25) is 0 Å². The Morgan fingerprint density at radius 1 is 0.457 bits per heavy atom. The van der Waals surface area contributed by atoms with E-state index in [0.717, 1.165) is 50.2 Å². The SMILES string of the molecule is c1ccc(-n2c3ccccc3c3ccc(N(c4ccc5c(c4)sc4ccccc45)c4cccc5c4oc4ccccc45)cc32)cc1. The van der Waals surface area contributed by atoms with Gasteiger partial charge < -0.3 is 13.9 Å². The zero-order valence-corrected chi connectivity index (χ0v) is 25.5. The number of thiophene rings is 1. The van der Waals surface area contributed by atoms with Crippen LogP contribution in [0, 0.1) is 0 Å². The molecule has 0 aliphatic heterocycles. The van der Waals surface area contributed by atoms with E-state index in [1.165, 1.54) is 36.5 Å². The first kappa shape index (κ1) is 25.5. The van der Waals surface area contributed by atoms with Crippen LogP contribution >= 0.6 is 11.3 Å². The molecule has 0 saturated heterocycles. The Kier molecular flexibility index (Phi) is 5.45. The third kappa shape index (κ3) is 3.71. The summed E-state index contributed by atoms with van der Waals surface area (Å²) in [5.74, 6) is 0. The van der Waals surface area contributed by atoms with Crippen LogP contribution < -0.4 is 4.90 Å². The first-order valence-corrected chi connectivity index (χ1v) is 16.3. The molecule has 4 heteroatoms. The van der Waals surface area contributed by atoms with Gasteiger partial charge in [-0.05, 0) is 60.7 Å². The molecule has 0 spiro atoms. The van der Waals surface area contributed by atoms with Crippen LogP contribution in [0.5, 0.6) is 0 Å². The second-order valence-corrected chi connectivity index (χ2v) is 12.8. The maximum Gasteiger partial charge on any atom is 0.159 e. The average molecular weight is 607 g/mol. The van der Waals surface area contributed by atoms with E-state index in [0.29, 0.717) is 0 Å². The fourth-order valence-corrected chi connectivity index (χ4v) is 8.28. The van der Waals surface area contributed by atoms with Crippen molar-refractivity contribution in [2.75, 3.05) is 4.90 Å². The molecule has 0 fully saturated rings. The van der Waals surface area contributed by atoms with E-state index < -0.39 is 0 Å². The quantitative estimate of drug-likeness (QED) is 0.199. The minimum Gasteiger partial charge on any atom is -0.454 e. The third-order valence-electron chi connectivity index (χ3n) is 9.17. The monoisotopic (exact) mass is 606 g/mol. The number of hydrogen-bond donors (Lipinski definition) is 0. The molecule has 7 aromatic carbocycles. The molecule has 3 aromatic heterocycles. The van der Waals surface area contributed by atoms with Crippen molar-refractivity contribution in [2.24, 2.45) is 0 Å². The standard InChI is InChI=1S/C42H26N2OS/c1-2-11-27(12-3-1)44-36-17-7-4-13-30(36)31-23-21-28(25-38(31)44)43(29-22-24-34-33-15-6-9-20-40(33)46-41(34)26-29)37-18-10-16-35-32-14-5-8-19-39(32)45-42(35)37/h1-26H. The summed E-state index contributed by atoms with van der Waals surface area (Å²) in [7, 11) is 0. The molecule has 0 bridgehead atoms. The summed E-state index contributed by atoms with van der Waals surface area (Å²) in [5, 5.41) is 7.29. The third-order valence-corrected chi connectivity index (χ3v) is 10.3. The Bertz CT molecular complexity index is 2770. The molecule has 0 aliphatic carbocycles. The lowest BCUT2D eigenvalue weighted by Crippen LogP contribution is -2.10. The van der Waals surface area contributed by atoms with Gasteiger partial charge in [-0.3, -0.25) is 0 Å². The van der Waals surface area contributed by atoms with Crippen LogP contribution in [0.25, 0.3) is 69.6 Å². The Morgan fingerprint density at radius 3 is 2.00 bits per heavy atom. The molecule has 0 radical (unpaired) electrons. The highest BCUT2D eigenvalue weighted by Crippen LogP contribution is 2.45. The van der Waals surface area contributed by atoms with Gasteiger partial charge in [0.15, 0.2) is 5.58 Å². The summed E-state index contributed by atoms with van der Waals surface area (Å²) in [6.07, 6.45) is 0. The zero-order chi connectivity index (χ0) is 30.2. The first-order chi connectivity index (χ1) is 22.8. The van der Waals surface area contributed by atoms with Crippen molar-refractivity contribution in [3.8, 4) is 5.69 Å². The summed E-state index contributed by atoms with van der Waals surface area (Å²) in [6, 6.07) is 56.5. The lowest BCUT2D eigenvalue weighted by Gasteiger charge is -2.26. The highest BCUT2D eigenvalue weighted by atomic mass is 32.1. The van der Waals surface area contributed by atoms with Crippen LogP contribution in [0.1, 0.15) is 0 Å². The van der Waals surface area contributed by atoms with Crippen molar-refractivity contribution in [3.05, 3.63) is 158 Å². The number of benzene rings is 7. The van der Waals surface area contributed by atoms with E-state index in [-0.39, 0.29) is 0 Å².